The van der Waals surface area contributed by atoms with Crippen LogP contribution in [-0.4, -0.2) is 60.4 Å². The molecule has 0 aliphatic carbocycles. The second kappa shape index (κ2) is 12.4. The minimum Gasteiger partial charge on any atom is -0.387 e. The van der Waals surface area contributed by atoms with Gasteiger partial charge in [0, 0.05) is 49.6 Å². The molecule has 3 rings (SSSR count). The van der Waals surface area contributed by atoms with Gasteiger partial charge >= 0.3 is 0 Å². The summed E-state index contributed by atoms with van der Waals surface area (Å²) in [4.78, 5) is 16.6. The molecular weight excluding hydrogens is 442 g/mol. The number of aliphatic hydroxyl groups excluding tert-OH is 1. The van der Waals surface area contributed by atoms with E-state index in [1.165, 1.54) is 0 Å². The number of nitrogens with one attached hydrogen (secondary N) is 4. The van der Waals surface area contributed by atoms with E-state index in [9.17, 15) is 9.90 Å². The summed E-state index contributed by atoms with van der Waals surface area (Å²) < 4.78 is 5.50. The summed E-state index contributed by atoms with van der Waals surface area (Å²) in [7, 11) is 1.68. The fourth-order valence-electron chi connectivity index (χ4n) is 4.01. The van der Waals surface area contributed by atoms with Gasteiger partial charge in [0.1, 0.15) is 5.15 Å². The Morgan fingerprint density at radius 1 is 1.24 bits per heavy atom. The van der Waals surface area contributed by atoms with Gasteiger partial charge in [-0.15, -0.1) is 0 Å². The monoisotopic (exact) mass is 475 g/mol. The van der Waals surface area contributed by atoms with E-state index in [1.807, 2.05) is 31.2 Å². The smallest absolute Gasteiger partial charge is 0.251 e. The zero-order chi connectivity index (χ0) is 23.8. The average molecular weight is 476 g/mol. The summed E-state index contributed by atoms with van der Waals surface area (Å²) in [6, 6.07) is 11.5. The summed E-state index contributed by atoms with van der Waals surface area (Å²) in [5.74, 6) is -0.109. The van der Waals surface area contributed by atoms with Gasteiger partial charge < -0.3 is 20.5 Å². The number of pyridine rings is 1. The zero-order valence-corrected chi connectivity index (χ0v) is 20.1. The van der Waals surface area contributed by atoms with E-state index in [2.05, 4.69) is 33.4 Å². The van der Waals surface area contributed by atoms with Crippen molar-refractivity contribution in [3.8, 4) is 0 Å². The van der Waals surface area contributed by atoms with Crippen LogP contribution in [0.3, 0.4) is 0 Å². The van der Waals surface area contributed by atoms with E-state index in [0.717, 1.165) is 24.0 Å². The molecule has 1 aliphatic heterocycles. The number of hydrogen-bond acceptors (Lipinski definition) is 7. The van der Waals surface area contributed by atoms with Crippen LogP contribution in [0.2, 0.25) is 5.15 Å². The maximum Gasteiger partial charge on any atom is 0.251 e. The van der Waals surface area contributed by atoms with Crippen LogP contribution in [0.1, 0.15) is 47.9 Å². The van der Waals surface area contributed by atoms with Crippen LogP contribution < -0.4 is 21.5 Å². The molecule has 5 atom stereocenters. The molecule has 0 spiro atoms. The molecule has 9 heteroatoms. The third-order valence-corrected chi connectivity index (χ3v) is 6.29. The highest BCUT2D eigenvalue weighted by atomic mass is 35.5. The first kappa shape index (κ1) is 25.6. The Morgan fingerprint density at radius 3 is 2.64 bits per heavy atom. The molecule has 1 amide bonds. The normalized spacial score (nSPS) is 22.2. The summed E-state index contributed by atoms with van der Waals surface area (Å²) in [6.07, 6.45) is 2.65. The van der Waals surface area contributed by atoms with Crippen molar-refractivity contribution >= 4 is 17.5 Å². The van der Waals surface area contributed by atoms with E-state index in [1.54, 1.807) is 25.4 Å². The van der Waals surface area contributed by atoms with Crippen molar-refractivity contribution < 1.29 is 14.6 Å². The van der Waals surface area contributed by atoms with Gasteiger partial charge in [-0.05, 0) is 43.5 Å². The van der Waals surface area contributed by atoms with E-state index >= 15 is 0 Å². The van der Waals surface area contributed by atoms with E-state index in [0.29, 0.717) is 23.8 Å². The molecule has 33 heavy (non-hydrogen) atoms. The first-order valence-electron chi connectivity index (χ1n) is 11.3. The van der Waals surface area contributed by atoms with Crippen molar-refractivity contribution in [1.82, 2.24) is 26.5 Å². The molecule has 0 bridgehead atoms. The van der Waals surface area contributed by atoms with Gasteiger partial charge in [-0.2, -0.15) is 0 Å². The van der Waals surface area contributed by atoms with Crippen LogP contribution in [0.4, 0.5) is 0 Å². The number of hydrogen-bond donors (Lipinski definition) is 5. The molecule has 5 unspecified atom stereocenters. The predicted octanol–water partition coefficient (Wildman–Crippen LogP) is 1.99. The van der Waals surface area contributed by atoms with Crippen LogP contribution >= 0.6 is 11.6 Å². The van der Waals surface area contributed by atoms with Crippen LogP contribution in [0.5, 0.6) is 0 Å². The summed E-state index contributed by atoms with van der Waals surface area (Å²) in [6.45, 7) is 5.04. The molecule has 5 N–H and O–H groups in total. The Kier molecular flexibility index (Phi) is 9.61. The third kappa shape index (κ3) is 7.20. The number of ether oxygens (including phenoxy) is 1. The molecule has 2 aromatic rings. The maximum absolute atomic E-state index is 12.5. The van der Waals surface area contributed by atoms with Gasteiger partial charge in [-0.3, -0.25) is 10.2 Å². The lowest BCUT2D eigenvalue weighted by Gasteiger charge is -2.20. The van der Waals surface area contributed by atoms with Crippen molar-refractivity contribution in [2.24, 2.45) is 0 Å². The van der Waals surface area contributed by atoms with Crippen molar-refractivity contribution in [1.29, 1.82) is 0 Å². The van der Waals surface area contributed by atoms with Gasteiger partial charge in [0.15, 0.2) is 0 Å². The quantitative estimate of drug-likeness (QED) is 0.316. The minimum atomic E-state index is -0.653. The van der Waals surface area contributed by atoms with Crippen molar-refractivity contribution in [3.63, 3.8) is 0 Å². The fraction of sp³-hybridized carbons (Fsp3) is 0.500. The first-order valence-corrected chi connectivity index (χ1v) is 11.7. The fourth-order valence-corrected chi connectivity index (χ4v) is 4.12. The number of carbonyl (C=O) groups excluding carboxylic acids is 1. The number of amides is 1. The molecular formula is C24H34ClN5O3. The lowest BCUT2D eigenvalue weighted by molar-refractivity contribution is 0.0774. The number of benzene rings is 1. The van der Waals surface area contributed by atoms with Gasteiger partial charge in [0.05, 0.1) is 18.2 Å². The van der Waals surface area contributed by atoms with Crippen LogP contribution in [0, 0.1) is 0 Å². The Balaban J connectivity index is 1.47. The number of carbonyl (C=O) groups is 1. The highest BCUT2D eigenvalue weighted by Crippen LogP contribution is 2.15. The van der Waals surface area contributed by atoms with Crippen LogP contribution in [0.15, 0.2) is 42.6 Å². The SMILES string of the molecule is CCC(Cc1ccc(C(=O)NCC2NNC(C)C2OC)cc1)NCC(O)c1ccc(Cl)nc1. The molecule has 8 nitrogen and oxygen atoms in total. The molecule has 1 fully saturated rings. The molecule has 0 saturated carbocycles. The number of rotatable bonds is 11. The van der Waals surface area contributed by atoms with E-state index < -0.39 is 6.10 Å². The molecule has 1 saturated heterocycles. The number of methoxy groups -OCH3 is 1. The predicted molar refractivity (Wildman–Crippen MR) is 129 cm³/mol. The van der Waals surface area contributed by atoms with E-state index in [4.69, 9.17) is 16.3 Å². The molecule has 2 heterocycles. The van der Waals surface area contributed by atoms with Gasteiger partial charge in [-0.1, -0.05) is 36.7 Å². The molecule has 1 aliphatic rings. The molecule has 1 aromatic carbocycles. The molecule has 1 aromatic heterocycles. The Morgan fingerprint density at radius 2 is 2.00 bits per heavy atom. The van der Waals surface area contributed by atoms with Crippen LogP contribution in [-0.2, 0) is 11.2 Å². The Bertz CT molecular complexity index is 881. The van der Waals surface area contributed by atoms with E-state index in [-0.39, 0.29) is 30.1 Å². The number of nitrogens with zero attached hydrogens (tertiary/aromatic N) is 1. The summed E-state index contributed by atoms with van der Waals surface area (Å²) in [5, 5.41) is 17.2. The second-order valence-corrected chi connectivity index (χ2v) is 8.83. The second-order valence-electron chi connectivity index (χ2n) is 8.44. The minimum absolute atomic E-state index is 0.000580. The van der Waals surface area contributed by atoms with Crippen molar-refractivity contribution in [3.05, 3.63) is 64.4 Å². The summed E-state index contributed by atoms with van der Waals surface area (Å²) >= 11 is 5.81. The maximum atomic E-state index is 12.5. The van der Waals surface area contributed by atoms with Gasteiger partial charge in [-0.25, -0.2) is 10.4 Å². The lowest BCUT2D eigenvalue weighted by Crippen LogP contribution is -2.44. The first-order chi connectivity index (χ1) is 15.9. The number of aliphatic hydroxyl groups is 1. The topological polar surface area (TPSA) is 108 Å². The lowest BCUT2D eigenvalue weighted by atomic mass is 10.0. The highest BCUT2D eigenvalue weighted by molar-refractivity contribution is 6.29. The molecule has 0 radical (unpaired) electrons. The number of hydrazine groups is 1. The standard InChI is InChI=1S/C24H34ClN5O3/c1-4-19(26-14-21(31)18-9-10-22(25)27-12-18)11-16-5-7-17(8-6-16)24(32)28-13-20-23(33-3)15(2)29-30-20/h5-10,12,15,19-21,23,26,29-31H,4,11,13-14H2,1-3H3,(H,28,32). The van der Waals surface area contributed by atoms with Gasteiger partial charge in [0.25, 0.3) is 5.91 Å². The number of halogens is 1. The van der Waals surface area contributed by atoms with Crippen LogP contribution in [0.25, 0.3) is 0 Å². The van der Waals surface area contributed by atoms with Crippen molar-refractivity contribution in [2.45, 2.75) is 57.0 Å². The Hall–Kier alpha value is -2.07. The van der Waals surface area contributed by atoms with Gasteiger partial charge in [0.2, 0.25) is 0 Å². The van der Waals surface area contributed by atoms with Crippen molar-refractivity contribution in [2.75, 3.05) is 20.2 Å². The summed E-state index contributed by atoms with van der Waals surface area (Å²) in [5.41, 5.74) is 8.78. The molecule has 180 valence electrons. The zero-order valence-electron chi connectivity index (χ0n) is 19.3. The number of aromatic nitrogens is 1. The Labute approximate surface area is 200 Å². The third-order valence-electron chi connectivity index (χ3n) is 6.07. The highest BCUT2D eigenvalue weighted by Gasteiger charge is 2.33. The largest absolute Gasteiger partial charge is 0.387 e. The average Bonchev–Trinajstić information content (AvgIpc) is 3.20.